The molecule has 2 aromatic carbocycles. The number of hydrogen-bond acceptors (Lipinski definition) is 4. The first-order valence-electron chi connectivity index (χ1n) is 10.4. The van der Waals surface area contributed by atoms with Crippen molar-refractivity contribution >= 4 is 29.0 Å². The Hall–Kier alpha value is -3.32. The zero-order chi connectivity index (χ0) is 22.5. The molecule has 8 heteroatoms. The van der Waals surface area contributed by atoms with Gasteiger partial charge in [0.2, 0.25) is 5.88 Å². The molecule has 3 aromatic rings. The van der Waals surface area contributed by atoms with Crippen LogP contribution in [0.3, 0.4) is 0 Å². The number of rotatable bonds is 5. The van der Waals surface area contributed by atoms with Crippen molar-refractivity contribution in [3.8, 4) is 5.88 Å². The predicted molar refractivity (Wildman–Crippen MR) is 124 cm³/mol. The molecule has 1 fully saturated rings. The Labute approximate surface area is 191 Å². The zero-order valence-electron chi connectivity index (χ0n) is 17.6. The van der Waals surface area contributed by atoms with E-state index in [0.717, 1.165) is 24.2 Å². The third kappa shape index (κ3) is 5.29. The molecule has 0 radical (unpaired) electrons. The number of aromatic nitrogens is 1. The van der Waals surface area contributed by atoms with E-state index in [4.69, 9.17) is 16.3 Å². The first-order valence-corrected chi connectivity index (χ1v) is 10.7. The van der Waals surface area contributed by atoms with E-state index in [9.17, 15) is 9.18 Å². The minimum absolute atomic E-state index is 0.0109. The molecule has 1 aromatic heterocycles. The van der Waals surface area contributed by atoms with Crippen molar-refractivity contribution in [2.75, 3.05) is 30.4 Å². The van der Waals surface area contributed by atoms with Gasteiger partial charge in [0, 0.05) is 53.7 Å². The second-order valence-corrected chi connectivity index (χ2v) is 8.10. The first-order chi connectivity index (χ1) is 15.5. The summed E-state index contributed by atoms with van der Waals surface area (Å²) < 4.78 is 18.6. The highest BCUT2D eigenvalue weighted by Gasteiger charge is 2.32. The van der Waals surface area contributed by atoms with Crippen LogP contribution in [0.25, 0.3) is 0 Å². The molecular formula is C24H24ClFN4O2. The van der Waals surface area contributed by atoms with E-state index in [1.807, 2.05) is 12.1 Å². The van der Waals surface area contributed by atoms with Crippen molar-refractivity contribution < 1.29 is 13.9 Å². The van der Waals surface area contributed by atoms with Crippen LogP contribution in [0.1, 0.15) is 17.9 Å². The van der Waals surface area contributed by atoms with Crippen LogP contribution in [0.5, 0.6) is 5.88 Å². The van der Waals surface area contributed by atoms with Crippen molar-refractivity contribution in [1.29, 1.82) is 0 Å². The van der Waals surface area contributed by atoms with E-state index in [0.29, 0.717) is 23.1 Å². The summed E-state index contributed by atoms with van der Waals surface area (Å²) in [5.74, 6) is 0.258. The van der Waals surface area contributed by atoms with Crippen LogP contribution in [-0.2, 0) is 0 Å². The van der Waals surface area contributed by atoms with E-state index in [1.165, 1.54) is 12.1 Å². The summed E-state index contributed by atoms with van der Waals surface area (Å²) >= 11 is 5.92. The number of methoxy groups -OCH3 is 1. The smallest absolute Gasteiger partial charge is 0.319 e. The highest BCUT2D eigenvalue weighted by molar-refractivity contribution is 6.30. The fraction of sp³-hybridized carbons (Fsp3) is 0.250. The van der Waals surface area contributed by atoms with Crippen LogP contribution in [0, 0.1) is 5.82 Å². The second kappa shape index (κ2) is 9.87. The van der Waals surface area contributed by atoms with Gasteiger partial charge in [-0.05, 0) is 60.5 Å². The van der Waals surface area contributed by atoms with Gasteiger partial charge in [-0.3, -0.25) is 0 Å². The number of ether oxygens (including phenoxy) is 1. The lowest BCUT2D eigenvalue weighted by atomic mass is 9.86. The largest absolute Gasteiger partial charge is 0.481 e. The maximum Gasteiger partial charge on any atom is 0.319 e. The van der Waals surface area contributed by atoms with Gasteiger partial charge in [0.25, 0.3) is 0 Å². The molecule has 0 aliphatic carbocycles. The molecule has 4 rings (SSSR count). The maximum absolute atomic E-state index is 13.4. The fourth-order valence-corrected chi connectivity index (χ4v) is 4.08. The highest BCUT2D eigenvalue weighted by Crippen LogP contribution is 2.31. The Balaban J connectivity index is 1.51. The summed E-state index contributed by atoms with van der Waals surface area (Å²) in [7, 11) is 1.57. The third-order valence-corrected chi connectivity index (χ3v) is 5.87. The summed E-state index contributed by atoms with van der Waals surface area (Å²) in [4.78, 5) is 19.2. The number of nitrogens with zero attached hydrogens (tertiary/aromatic N) is 2. The Morgan fingerprint density at radius 2 is 1.88 bits per heavy atom. The number of urea groups is 1. The Kier molecular flexibility index (Phi) is 6.75. The van der Waals surface area contributed by atoms with Gasteiger partial charge >= 0.3 is 6.03 Å². The molecule has 2 N–H and O–H groups in total. The Morgan fingerprint density at radius 3 is 2.53 bits per heavy atom. The normalized spacial score (nSPS) is 18.2. The lowest BCUT2D eigenvalue weighted by Crippen LogP contribution is -2.50. The molecular weight excluding hydrogens is 431 g/mol. The summed E-state index contributed by atoms with van der Waals surface area (Å²) in [6.45, 7) is 1.39. The van der Waals surface area contributed by atoms with Gasteiger partial charge < -0.3 is 20.3 Å². The average Bonchev–Trinajstić information content (AvgIpc) is 2.81. The molecule has 166 valence electrons. The number of pyridine rings is 1. The number of carbonyl (C=O) groups excluding carboxylic acids is 1. The standard InChI is InChI=1S/C24H24ClFN4O2/c1-32-23-11-2-16(14-27-23)21-15-30(20-9-5-18(26)6-10-20)13-12-22(21)29-24(31)28-19-7-3-17(25)4-8-19/h2-11,14,21-22H,12-13,15H2,1H3,(H2,28,29,31)/t21-,22+/m0/s1. The van der Waals surface area contributed by atoms with Gasteiger partial charge in [-0.25, -0.2) is 14.2 Å². The average molecular weight is 455 g/mol. The van der Waals surface area contributed by atoms with Crippen molar-refractivity contribution in [3.63, 3.8) is 0 Å². The number of hydrogen-bond donors (Lipinski definition) is 2. The first kappa shape index (κ1) is 21.9. The van der Waals surface area contributed by atoms with Gasteiger partial charge in [0.1, 0.15) is 5.82 Å². The van der Waals surface area contributed by atoms with Crippen molar-refractivity contribution in [2.45, 2.75) is 18.4 Å². The zero-order valence-corrected chi connectivity index (χ0v) is 18.3. The molecule has 1 aliphatic heterocycles. The molecule has 0 unspecified atom stereocenters. The molecule has 0 bridgehead atoms. The SMILES string of the molecule is COc1ccc([C@@H]2CN(c3ccc(F)cc3)CC[C@H]2NC(=O)Nc2ccc(Cl)cc2)cn1. The van der Waals surface area contributed by atoms with Crippen LogP contribution in [0.4, 0.5) is 20.6 Å². The molecule has 32 heavy (non-hydrogen) atoms. The monoisotopic (exact) mass is 454 g/mol. The lowest BCUT2D eigenvalue weighted by molar-refractivity contribution is 0.243. The van der Waals surface area contributed by atoms with Gasteiger partial charge in [-0.1, -0.05) is 17.7 Å². The Morgan fingerprint density at radius 1 is 1.12 bits per heavy atom. The van der Waals surface area contributed by atoms with E-state index < -0.39 is 0 Å². The van der Waals surface area contributed by atoms with Crippen molar-refractivity contribution in [2.24, 2.45) is 0 Å². The van der Waals surface area contributed by atoms with Crippen LogP contribution in [-0.4, -0.2) is 37.3 Å². The Bertz CT molecular complexity index is 1050. The van der Waals surface area contributed by atoms with Gasteiger partial charge in [-0.2, -0.15) is 0 Å². The van der Waals surface area contributed by atoms with Crippen LogP contribution in [0.2, 0.25) is 5.02 Å². The fourth-order valence-electron chi connectivity index (χ4n) is 3.95. The lowest BCUT2D eigenvalue weighted by Gasteiger charge is -2.40. The van der Waals surface area contributed by atoms with Gasteiger partial charge in [-0.15, -0.1) is 0 Å². The number of amides is 2. The molecule has 2 amide bonds. The van der Waals surface area contributed by atoms with Crippen molar-refractivity contribution in [3.05, 3.63) is 83.3 Å². The van der Waals surface area contributed by atoms with Crippen molar-refractivity contribution in [1.82, 2.24) is 10.3 Å². The topological polar surface area (TPSA) is 66.5 Å². The number of piperidine rings is 1. The van der Waals surface area contributed by atoms with E-state index in [1.54, 1.807) is 49.7 Å². The molecule has 6 nitrogen and oxygen atoms in total. The summed E-state index contributed by atoms with van der Waals surface area (Å²) in [6.07, 6.45) is 2.51. The van der Waals surface area contributed by atoms with Crippen LogP contribution < -0.4 is 20.3 Å². The molecule has 0 spiro atoms. The molecule has 0 saturated carbocycles. The molecule has 2 heterocycles. The van der Waals surface area contributed by atoms with Gasteiger partial charge in [0.05, 0.1) is 7.11 Å². The highest BCUT2D eigenvalue weighted by atomic mass is 35.5. The minimum atomic E-state index is -0.279. The number of carbonyl (C=O) groups is 1. The number of anilines is 2. The van der Waals surface area contributed by atoms with Crippen LogP contribution >= 0.6 is 11.6 Å². The van der Waals surface area contributed by atoms with Gasteiger partial charge in [0.15, 0.2) is 0 Å². The predicted octanol–water partition coefficient (Wildman–Crippen LogP) is 5.07. The number of halogens is 2. The number of benzene rings is 2. The molecule has 2 atom stereocenters. The second-order valence-electron chi connectivity index (χ2n) is 7.66. The van der Waals surface area contributed by atoms with E-state index in [-0.39, 0.29) is 23.8 Å². The molecule has 1 saturated heterocycles. The minimum Gasteiger partial charge on any atom is -0.481 e. The van der Waals surface area contributed by atoms with Crippen LogP contribution in [0.15, 0.2) is 66.9 Å². The van der Waals surface area contributed by atoms with E-state index in [2.05, 4.69) is 20.5 Å². The summed E-state index contributed by atoms with van der Waals surface area (Å²) in [6, 6.07) is 16.8. The van der Waals surface area contributed by atoms with E-state index >= 15 is 0 Å². The molecule has 1 aliphatic rings. The number of nitrogens with one attached hydrogen (secondary N) is 2. The summed E-state index contributed by atoms with van der Waals surface area (Å²) in [5.41, 5.74) is 2.61. The maximum atomic E-state index is 13.4. The third-order valence-electron chi connectivity index (χ3n) is 5.62. The summed E-state index contributed by atoms with van der Waals surface area (Å²) in [5, 5.41) is 6.58. The quantitative estimate of drug-likeness (QED) is 0.565.